The van der Waals surface area contributed by atoms with Crippen molar-refractivity contribution < 1.29 is 4.74 Å². The predicted octanol–water partition coefficient (Wildman–Crippen LogP) is 2.30. The Morgan fingerprint density at radius 2 is 2.16 bits per heavy atom. The SMILES string of the molecule is C#CC(CC)NCC(c1cccc(OC)c1)N(C)C. The van der Waals surface area contributed by atoms with E-state index in [4.69, 9.17) is 11.2 Å². The van der Waals surface area contributed by atoms with Gasteiger partial charge in [-0.1, -0.05) is 25.0 Å². The number of hydrogen-bond donors (Lipinski definition) is 1. The van der Waals surface area contributed by atoms with Crippen LogP contribution in [0.15, 0.2) is 24.3 Å². The molecule has 0 amide bonds. The number of benzene rings is 1. The average molecular weight is 260 g/mol. The Labute approximate surface area is 117 Å². The van der Waals surface area contributed by atoms with E-state index in [2.05, 4.69) is 49.3 Å². The van der Waals surface area contributed by atoms with E-state index in [1.165, 1.54) is 5.56 Å². The van der Waals surface area contributed by atoms with Gasteiger partial charge in [0, 0.05) is 12.6 Å². The summed E-state index contributed by atoms with van der Waals surface area (Å²) in [6.45, 7) is 2.91. The van der Waals surface area contributed by atoms with Crippen LogP contribution in [0.25, 0.3) is 0 Å². The van der Waals surface area contributed by atoms with Gasteiger partial charge in [-0.3, -0.25) is 0 Å². The van der Waals surface area contributed by atoms with Crippen LogP contribution in [0, 0.1) is 12.3 Å². The van der Waals surface area contributed by atoms with Gasteiger partial charge >= 0.3 is 0 Å². The van der Waals surface area contributed by atoms with Crippen LogP contribution in [0.4, 0.5) is 0 Å². The standard InChI is InChI=1S/C16H24N2O/c1-6-14(7-2)17-12-16(18(3)4)13-9-8-10-15(11-13)19-5/h1,8-11,14,16-17H,7,12H2,2-5H3. The Morgan fingerprint density at radius 3 is 2.68 bits per heavy atom. The lowest BCUT2D eigenvalue weighted by Gasteiger charge is -2.26. The van der Waals surface area contributed by atoms with Crippen molar-refractivity contribution in [2.75, 3.05) is 27.7 Å². The number of nitrogens with one attached hydrogen (secondary N) is 1. The summed E-state index contributed by atoms with van der Waals surface area (Å²) in [6, 6.07) is 8.57. The van der Waals surface area contributed by atoms with E-state index in [1.54, 1.807) is 7.11 Å². The maximum absolute atomic E-state index is 5.48. The highest BCUT2D eigenvalue weighted by Gasteiger charge is 2.15. The van der Waals surface area contributed by atoms with Gasteiger partial charge in [0.15, 0.2) is 0 Å². The number of methoxy groups -OCH3 is 1. The topological polar surface area (TPSA) is 24.5 Å². The minimum Gasteiger partial charge on any atom is -0.497 e. The minimum absolute atomic E-state index is 0.132. The van der Waals surface area contributed by atoms with Gasteiger partial charge in [0.1, 0.15) is 5.75 Å². The lowest BCUT2D eigenvalue weighted by molar-refractivity contribution is 0.283. The van der Waals surface area contributed by atoms with Gasteiger partial charge in [0.05, 0.1) is 13.2 Å². The third-order valence-corrected chi connectivity index (χ3v) is 3.27. The van der Waals surface area contributed by atoms with E-state index >= 15 is 0 Å². The Morgan fingerprint density at radius 1 is 1.42 bits per heavy atom. The van der Waals surface area contributed by atoms with Gasteiger partial charge in [0.2, 0.25) is 0 Å². The molecule has 0 fully saturated rings. The van der Waals surface area contributed by atoms with Crippen LogP contribution in [0.3, 0.4) is 0 Å². The predicted molar refractivity (Wildman–Crippen MR) is 80.3 cm³/mol. The summed E-state index contributed by atoms with van der Waals surface area (Å²) in [5.74, 6) is 3.65. The zero-order valence-electron chi connectivity index (χ0n) is 12.3. The number of ether oxygens (including phenoxy) is 1. The molecule has 19 heavy (non-hydrogen) atoms. The van der Waals surface area contributed by atoms with Gasteiger partial charge in [-0.15, -0.1) is 6.42 Å². The molecule has 3 nitrogen and oxygen atoms in total. The fraction of sp³-hybridized carbons (Fsp3) is 0.500. The summed E-state index contributed by atoms with van der Waals surface area (Å²) >= 11 is 0. The van der Waals surface area contributed by atoms with Crippen molar-refractivity contribution in [2.45, 2.75) is 25.4 Å². The molecule has 0 saturated heterocycles. The molecule has 0 aliphatic heterocycles. The highest BCUT2D eigenvalue weighted by atomic mass is 16.5. The van der Waals surface area contributed by atoms with Gasteiger partial charge in [-0.05, 0) is 38.2 Å². The maximum atomic E-state index is 5.48. The Hall–Kier alpha value is -1.50. The molecular formula is C16H24N2O. The van der Waals surface area contributed by atoms with Crippen molar-refractivity contribution >= 4 is 0 Å². The van der Waals surface area contributed by atoms with Gasteiger partial charge in [-0.25, -0.2) is 0 Å². The largest absolute Gasteiger partial charge is 0.497 e. The number of terminal acetylenes is 1. The molecule has 0 saturated carbocycles. The van der Waals surface area contributed by atoms with Crippen molar-refractivity contribution in [2.24, 2.45) is 0 Å². The van der Waals surface area contributed by atoms with Crippen LogP contribution in [-0.4, -0.2) is 38.7 Å². The van der Waals surface area contributed by atoms with Crippen molar-refractivity contribution in [1.82, 2.24) is 10.2 Å². The third-order valence-electron chi connectivity index (χ3n) is 3.27. The van der Waals surface area contributed by atoms with Crippen LogP contribution in [0.2, 0.25) is 0 Å². The van der Waals surface area contributed by atoms with E-state index in [1.807, 2.05) is 12.1 Å². The molecule has 1 rings (SSSR count). The zero-order valence-corrected chi connectivity index (χ0v) is 12.3. The van der Waals surface area contributed by atoms with Gasteiger partial charge in [-0.2, -0.15) is 0 Å². The van der Waals surface area contributed by atoms with Crippen LogP contribution in [0.5, 0.6) is 5.75 Å². The Balaban J connectivity index is 2.79. The first-order chi connectivity index (χ1) is 9.12. The molecule has 0 heterocycles. The summed E-state index contributed by atoms with van der Waals surface area (Å²) < 4.78 is 5.28. The number of nitrogens with zero attached hydrogens (tertiary/aromatic N) is 1. The van der Waals surface area contributed by atoms with Crippen molar-refractivity contribution in [3.05, 3.63) is 29.8 Å². The van der Waals surface area contributed by atoms with Crippen LogP contribution in [0.1, 0.15) is 24.9 Å². The fourth-order valence-electron chi connectivity index (χ4n) is 2.02. The lowest BCUT2D eigenvalue weighted by Crippen LogP contribution is -2.36. The summed E-state index contributed by atoms with van der Waals surface area (Å²) in [4.78, 5) is 2.19. The molecule has 1 aromatic rings. The molecule has 104 valence electrons. The number of hydrogen-bond acceptors (Lipinski definition) is 3. The molecule has 1 N–H and O–H groups in total. The van der Waals surface area contributed by atoms with Gasteiger partial charge < -0.3 is 15.0 Å². The number of rotatable bonds is 7. The van der Waals surface area contributed by atoms with Crippen molar-refractivity contribution in [3.8, 4) is 18.1 Å². The van der Waals surface area contributed by atoms with E-state index in [-0.39, 0.29) is 12.1 Å². The highest BCUT2D eigenvalue weighted by Crippen LogP contribution is 2.22. The van der Waals surface area contributed by atoms with E-state index in [0.717, 1.165) is 18.7 Å². The minimum atomic E-state index is 0.132. The molecule has 2 atom stereocenters. The van der Waals surface area contributed by atoms with Gasteiger partial charge in [0.25, 0.3) is 0 Å². The van der Waals surface area contributed by atoms with E-state index < -0.39 is 0 Å². The second-order valence-electron chi connectivity index (χ2n) is 4.79. The van der Waals surface area contributed by atoms with Crippen molar-refractivity contribution in [3.63, 3.8) is 0 Å². The fourth-order valence-corrected chi connectivity index (χ4v) is 2.02. The van der Waals surface area contributed by atoms with Crippen LogP contribution in [-0.2, 0) is 0 Å². The number of likely N-dealkylation sites (N-methyl/N-ethyl adjacent to an activating group) is 1. The molecule has 1 aromatic carbocycles. The molecule has 0 aliphatic rings. The molecule has 3 heteroatoms. The monoisotopic (exact) mass is 260 g/mol. The zero-order chi connectivity index (χ0) is 14.3. The third kappa shape index (κ3) is 4.59. The van der Waals surface area contributed by atoms with E-state index in [0.29, 0.717) is 0 Å². The summed E-state index contributed by atoms with van der Waals surface area (Å²) in [5.41, 5.74) is 1.23. The normalized spacial score (nSPS) is 13.9. The first-order valence-corrected chi connectivity index (χ1v) is 6.62. The molecule has 0 radical (unpaired) electrons. The molecule has 0 spiro atoms. The highest BCUT2D eigenvalue weighted by molar-refractivity contribution is 5.30. The second-order valence-corrected chi connectivity index (χ2v) is 4.79. The van der Waals surface area contributed by atoms with Crippen LogP contribution < -0.4 is 10.1 Å². The second kappa shape index (κ2) is 7.83. The molecule has 0 aliphatic carbocycles. The Kier molecular flexibility index (Phi) is 6.41. The Bertz CT molecular complexity index is 423. The van der Waals surface area contributed by atoms with Crippen LogP contribution >= 0.6 is 0 Å². The molecule has 0 aromatic heterocycles. The summed E-state index contributed by atoms with van der Waals surface area (Å²) in [5, 5.41) is 3.42. The smallest absolute Gasteiger partial charge is 0.119 e. The maximum Gasteiger partial charge on any atom is 0.119 e. The molecular weight excluding hydrogens is 236 g/mol. The lowest BCUT2D eigenvalue weighted by atomic mass is 10.0. The summed E-state index contributed by atoms with van der Waals surface area (Å²) in [7, 11) is 5.83. The average Bonchev–Trinajstić information content (AvgIpc) is 2.43. The first-order valence-electron chi connectivity index (χ1n) is 6.62. The first kappa shape index (κ1) is 15.6. The summed E-state index contributed by atoms with van der Waals surface area (Å²) in [6.07, 6.45) is 6.42. The molecule has 2 unspecified atom stereocenters. The quantitative estimate of drug-likeness (QED) is 0.761. The van der Waals surface area contributed by atoms with E-state index in [9.17, 15) is 0 Å². The molecule has 0 bridgehead atoms. The van der Waals surface area contributed by atoms with Crippen molar-refractivity contribution in [1.29, 1.82) is 0 Å².